The Morgan fingerprint density at radius 3 is 2.71 bits per heavy atom. The molecular weight excluding hydrogens is 264 g/mol. The third-order valence-corrected chi connectivity index (χ3v) is 4.41. The molecule has 1 aliphatic heterocycles. The van der Waals surface area contributed by atoms with E-state index >= 15 is 0 Å². The van der Waals surface area contributed by atoms with Crippen molar-refractivity contribution in [3.8, 4) is 11.5 Å². The van der Waals surface area contributed by atoms with Crippen LogP contribution in [0.3, 0.4) is 0 Å². The minimum Gasteiger partial charge on any atom is -0.493 e. The predicted molar refractivity (Wildman–Crippen MR) is 85.8 cm³/mol. The highest BCUT2D eigenvalue weighted by atomic mass is 16.5. The van der Waals surface area contributed by atoms with Crippen LogP contribution in [0.5, 0.6) is 11.5 Å². The minimum absolute atomic E-state index is 0.367. The van der Waals surface area contributed by atoms with Gasteiger partial charge in [-0.2, -0.15) is 0 Å². The molecule has 21 heavy (non-hydrogen) atoms. The maximum Gasteiger partial charge on any atom is 0.164 e. The molecule has 0 radical (unpaired) electrons. The maximum absolute atomic E-state index is 6.63. The summed E-state index contributed by atoms with van der Waals surface area (Å²) in [6.45, 7) is 6.56. The standard InChI is InChI=1S/C17H28N2O2/c1-13-7-6-10-19(12-13)17(2,18)11-14-8-5-9-15(20-3)16(14)21-4/h5,8-9,13H,6-7,10-12,18H2,1-4H3. The molecule has 0 saturated carbocycles. The Morgan fingerprint density at radius 2 is 2.10 bits per heavy atom. The summed E-state index contributed by atoms with van der Waals surface area (Å²) in [4.78, 5) is 2.40. The number of methoxy groups -OCH3 is 2. The average Bonchev–Trinajstić information content (AvgIpc) is 2.46. The van der Waals surface area contributed by atoms with Crippen LogP contribution in [-0.2, 0) is 6.42 Å². The van der Waals surface area contributed by atoms with E-state index in [1.54, 1.807) is 14.2 Å². The summed E-state index contributed by atoms with van der Waals surface area (Å²) in [5, 5.41) is 0. The van der Waals surface area contributed by atoms with Gasteiger partial charge < -0.3 is 15.2 Å². The monoisotopic (exact) mass is 292 g/mol. The normalized spacial score (nSPS) is 22.6. The first-order valence-electron chi connectivity index (χ1n) is 7.71. The number of benzene rings is 1. The SMILES string of the molecule is COc1cccc(CC(C)(N)N2CCCC(C)C2)c1OC. The van der Waals surface area contributed by atoms with Gasteiger partial charge in [0.2, 0.25) is 0 Å². The molecule has 4 nitrogen and oxygen atoms in total. The van der Waals surface area contributed by atoms with Crippen molar-refractivity contribution in [1.82, 2.24) is 4.90 Å². The summed E-state index contributed by atoms with van der Waals surface area (Å²) in [6.07, 6.45) is 3.28. The summed E-state index contributed by atoms with van der Waals surface area (Å²) in [5.74, 6) is 2.27. The number of para-hydroxylation sites is 1. The van der Waals surface area contributed by atoms with Gasteiger partial charge in [0.25, 0.3) is 0 Å². The Bertz CT molecular complexity index is 474. The first kappa shape index (κ1) is 16.1. The van der Waals surface area contributed by atoms with Crippen LogP contribution in [-0.4, -0.2) is 37.9 Å². The Balaban J connectivity index is 2.19. The fourth-order valence-electron chi connectivity index (χ4n) is 3.24. The summed E-state index contributed by atoms with van der Waals surface area (Å²) >= 11 is 0. The molecule has 0 amide bonds. The molecule has 0 aromatic heterocycles. The smallest absolute Gasteiger partial charge is 0.164 e. The predicted octanol–water partition coefficient (Wildman–Crippen LogP) is 2.65. The van der Waals surface area contributed by atoms with E-state index in [9.17, 15) is 0 Å². The lowest BCUT2D eigenvalue weighted by molar-refractivity contribution is 0.0622. The quantitative estimate of drug-likeness (QED) is 0.906. The second-order valence-electron chi connectivity index (χ2n) is 6.38. The zero-order chi connectivity index (χ0) is 15.5. The molecule has 1 saturated heterocycles. The van der Waals surface area contributed by atoms with Crippen LogP contribution in [0.2, 0.25) is 0 Å². The van der Waals surface area contributed by atoms with E-state index in [1.165, 1.54) is 12.8 Å². The molecule has 2 N–H and O–H groups in total. The number of ether oxygens (including phenoxy) is 2. The van der Waals surface area contributed by atoms with Crippen LogP contribution >= 0.6 is 0 Å². The molecule has 1 aromatic carbocycles. The molecule has 0 bridgehead atoms. The van der Waals surface area contributed by atoms with Crippen molar-refractivity contribution in [3.63, 3.8) is 0 Å². The van der Waals surface area contributed by atoms with Crippen LogP contribution in [0.25, 0.3) is 0 Å². The Morgan fingerprint density at radius 1 is 1.33 bits per heavy atom. The zero-order valence-electron chi connectivity index (χ0n) is 13.7. The van der Waals surface area contributed by atoms with Gasteiger partial charge in [-0.05, 0) is 38.3 Å². The summed E-state index contributed by atoms with van der Waals surface area (Å²) in [7, 11) is 3.34. The highest BCUT2D eigenvalue weighted by molar-refractivity contribution is 5.47. The molecule has 1 heterocycles. The van der Waals surface area contributed by atoms with Crippen molar-refractivity contribution in [1.29, 1.82) is 0 Å². The van der Waals surface area contributed by atoms with Gasteiger partial charge >= 0.3 is 0 Å². The van der Waals surface area contributed by atoms with Crippen molar-refractivity contribution in [2.45, 2.75) is 38.8 Å². The van der Waals surface area contributed by atoms with Crippen LogP contribution < -0.4 is 15.2 Å². The molecule has 2 unspecified atom stereocenters. The minimum atomic E-state index is -0.367. The second kappa shape index (κ2) is 6.67. The van der Waals surface area contributed by atoms with Crippen LogP contribution in [0.1, 0.15) is 32.3 Å². The Kier molecular flexibility index (Phi) is 5.12. The summed E-state index contributed by atoms with van der Waals surface area (Å²) in [5.41, 5.74) is 7.36. The third-order valence-electron chi connectivity index (χ3n) is 4.41. The molecule has 1 aromatic rings. The molecule has 1 aliphatic rings. The van der Waals surface area contributed by atoms with E-state index < -0.39 is 0 Å². The number of piperidine rings is 1. The first-order chi connectivity index (χ1) is 9.97. The lowest BCUT2D eigenvalue weighted by Crippen LogP contribution is -2.58. The van der Waals surface area contributed by atoms with Gasteiger partial charge in [0.05, 0.1) is 19.9 Å². The first-order valence-corrected chi connectivity index (χ1v) is 7.71. The van der Waals surface area contributed by atoms with Gasteiger partial charge in [0.1, 0.15) is 0 Å². The molecule has 4 heteroatoms. The van der Waals surface area contributed by atoms with Gasteiger partial charge in [0, 0.05) is 18.5 Å². The number of hydrogen-bond acceptors (Lipinski definition) is 4. The van der Waals surface area contributed by atoms with Crippen LogP contribution in [0, 0.1) is 5.92 Å². The van der Waals surface area contributed by atoms with E-state index in [1.807, 2.05) is 12.1 Å². The summed E-state index contributed by atoms with van der Waals surface area (Å²) < 4.78 is 10.9. The molecule has 2 atom stereocenters. The highest BCUT2D eigenvalue weighted by Gasteiger charge is 2.32. The number of hydrogen-bond donors (Lipinski definition) is 1. The van der Waals surface area contributed by atoms with Gasteiger partial charge in [-0.25, -0.2) is 0 Å². The molecule has 118 valence electrons. The van der Waals surface area contributed by atoms with Crippen LogP contribution in [0.4, 0.5) is 0 Å². The number of nitrogens with two attached hydrogens (primary N) is 1. The second-order valence-corrected chi connectivity index (χ2v) is 6.38. The highest BCUT2D eigenvalue weighted by Crippen LogP contribution is 2.33. The van der Waals surface area contributed by atoms with Crippen molar-refractivity contribution in [2.24, 2.45) is 11.7 Å². The molecular formula is C17H28N2O2. The van der Waals surface area contributed by atoms with Crippen molar-refractivity contribution >= 4 is 0 Å². The van der Waals surface area contributed by atoms with Gasteiger partial charge in [-0.1, -0.05) is 19.1 Å². The molecule has 0 aliphatic carbocycles. The van der Waals surface area contributed by atoms with E-state index in [0.717, 1.165) is 36.6 Å². The van der Waals surface area contributed by atoms with E-state index in [2.05, 4.69) is 24.8 Å². The van der Waals surface area contributed by atoms with Crippen molar-refractivity contribution in [3.05, 3.63) is 23.8 Å². The van der Waals surface area contributed by atoms with Gasteiger partial charge in [0.15, 0.2) is 11.5 Å². The van der Waals surface area contributed by atoms with E-state index in [0.29, 0.717) is 5.92 Å². The lowest BCUT2D eigenvalue weighted by atomic mass is 9.93. The topological polar surface area (TPSA) is 47.7 Å². The zero-order valence-corrected chi connectivity index (χ0v) is 13.7. The molecule has 0 spiro atoms. The van der Waals surface area contributed by atoms with E-state index in [4.69, 9.17) is 15.2 Å². The van der Waals surface area contributed by atoms with Gasteiger partial charge in [-0.3, -0.25) is 4.90 Å². The number of nitrogens with zero attached hydrogens (tertiary/aromatic N) is 1. The Labute approximate surface area is 128 Å². The summed E-state index contributed by atoms with van der Waals surface area (Å²) in [6, 6.07) is 5.98. The number of likely N-dealkylation sites (tertiary alicyclic amines) is 1. The lowest BCUT2D eigenvalue weighted by Gasteiger charge is -2.43. The van der Waals surface area contributed by atoms with Crippen molar-refractivity contribution < 1.29 is 9.47 Å². The fourth-order valence-corrected chi connectivity index (χ4v) is 3.24. The van der Waals surface area contributed by atoms with Crippen molar-refractivity contribution in [2.75, 3.05) is 27.3 Å². The van der Waals surface area contributed by atoms with Gasteiger partial charge in [-0.15, -0.1) is 0 Å². The maximum atomic E-state index is 6.63. The Hall–Kier alpha value is -1.26. The fraction of sp³-hybridized carbons (Fsp3) is 0.647. The largest absolute Gasteiger partial charge is 0.493 e. The molecule has 2 rings (SSSR count). The number of rotatable bonds is 5. The molecule has 1 fully saturated rings. The van der Waals surface area contributed by atoms with E-state index in [-0.39, 0.29) is 5.66 Å². The van der Waals surface area contributed by atoms with Crippen LogP contribution in [0.15, 0.2) is 18.2 Å². The average molecular weight is 292 g/mol. The third kappa shape index (κ3) is 3.69.